The molecule has 94 valence electrons. The molecule has 0 aliphatic heterocycles. The van der Waals surface area contributed by atoms with E-state index in [0.29, 0.717) is 12.3 Å². The number of carbonyl (C=O) groups excluding carboxylic acids is 1. The number of nitrogens with two attached hydrogens (primary N) is 1. The smallest absolute Gasteiger partial charge is 0.361 e. The molecule has 0 aliphatic carbocycles. The lowest BCUT2D eigenvalue weighted by atomic mass is 10.3. The maximum absolute atomic E-state index is 11.6. The summed E-state index contributed by atoms with van der Waals surface area (Å²) in [5, 5.41) is 4.15. The molecule has 0 amide bonds. The van der Waals surface area contributed by atoms with E-state index in [1.54, 1.807) is 36.3 Å². The summed E-state index contributed by atoms with van der Waals surface area (Å²) >= 11 is 0. The van der Waals surface area contributed by atoms with Crippen LogP contribution in [0.5, 0.6) is 0 Å². The van der Waals surface area contributed by atoms with E-state index in [-0.39, 0.29) is 5.69 Å². The van der Waals surface area contributed by atoms with E-state index in [2.05, 4.69) is 10.1 Å². The molecule has 0 fully saturated rings. The van der Waals surface area contributed by atoms with E-state index in [1.807, 2.05) is 6.92 Å². The van der Waals surface area contributed by atoms with Gasteiger partial charge in [-0.25, -0.2) is 9.48 Å². The lowest BCUT2D eigenvalue weighted by Gasteiger charge is -2.03. The molecule has 0 aliphatic rings. The molecule has 0 aromatic carbocycles. The third-order valence-corrected chi connectivity index (χ3v) is 2.45. The Hall–Kier alpha value is -2.37. The summed E-state index contributed by atoms with van der Waals surface area (Å²) in [6.45, 7) is 3.93. The van der Waals surface area contributed by atoms with E-state index in [1.165, 1.54) is 0 Å². The number of ether oxygens (including phenoxy) is 1. The first-order chi connectivity index (χ1) is 8.63. The van der Waals surface area contributed by atoms with Gasteiger partial charge in [0.15, 0.2) is 5.69 Å². The van der Waals surface area contributed by atoms with E-state index in [0.717, 1.165) is 11.3 Å². The molecule has 2 aromatic heterocycles. The van der Waals surface area contributed by atoms with Crippen LogP contribution >= 0.6 is 0 Å². The van der Waals surface area contributed by atoms with E-state index in [4.69, 9.17) is 10.5 Å². The minimum Gasteiger partial charge on any atom is -0.461 e. The van der Waals surface area contributed by atoms with Crippen LogP contribution in [0.3, 0.4) is 0 Å². The lowest BCUT2D eigenvalue weighted by molar-refractivity contribution is 0.0520. The second-order valence-electron chi connectivity index (χ2n) is 3.76. The number of hydrogen-bond donors (Lipinski definition) is 1. The topological polar surface area (TPSA) is 83.0 Å². The van der Waals surface area contributed by atoms with Crippen LogP contribution in [-0.2, 0) is 4.74 Å². The minimum absolute atomic E-state index is 0.132. The number of hydrogen-bond acceptors (Lipinski definition) is 5. The van der Waals surface area contributed by atoms with Gasteiger partial charge in [0.05, 0.1) is 24.2 Å². The number of rotatable bonds is 3. The molecule has 2 rings (SSSR count). The van der Waals surface area contributed by atoms with Crippen molar-refractivity contribution in [1.29, 1.82) is 0 Å². The summed E-state index contributed by atoms with van der Waals surface area (Å²) in [6, 6.07) is 1.80. The van der Waals surface area contributed by atoms with Crippen molar-refractivity contribution in [3.63, 3.8) is 0 Å². The van der Waals surface area contributed by atoms with Crippen molar-refractivity contribution in [1.82, 2.24) is 14.8 Å². The average molecular weight is 246 g/mol. The van der Waals surface area contributed by atoms with Crippen LogP contribution in [0.25, 0.3) is 5.69 Å². The molecule has 0 atom stereocenters. The molecular formula is C12H14N4O2. The number of aromatic nitrogens is 3. The molecule has 2 heterocycles. The van der Waals surface area contributed by atoms with Gasteiger partial charge in [-0.3, -0.25) is 4.98 Å². The minimum atomic E-state index is -0.513. The SMILES string of the molecule is CCOC(=O)c1nn(-c2ccncc2C)cc1N. The highest BCUT2D eigenvalue weighted by Crippen LogP contribution is 2.17. The molecule has 18 heavy (non-hydrogen) atoms. The van der Waals surface area contributed by atoms with Crippen LogP contribution in [0, 0.1) is 6.92 Å². The van der Waals surface area contributed by atoms with Gasteiger partial charge in [-0.2, -0.15) is 5.10 Å². The van der Waals surface area contributed by atoms with Gasteiger partial charge in [0.2, 0.25) is 0 Å². The van der Waals surface area contributed by atoms with E-state index >= 15 is 0 Å². The quantitative estimate of drug-likeness (QED) is 0.826. The Morgan fingerprint density at radius 2 is 2.33 bits per heavy atom. The van der Waals surface area contributed by atoms with Crippen LogP contribution in [-0.4, -0.2) is 27.3 Å². The number of nitrogens with zero attached hydrogens (tertiary/aromatic N) is 3. The molecule has 0 saturated carbocycles. The first-order valence-corrected chi connectivity index (χ1v) is 5.56. The van der Waals surface area contributed by atoms with Gasteiger partial charge in [0.25, 0.3) is 0 Å². The van der Waals surface area contributed by atoms with Crippen LogP contribution in [0.4, 0.5) is 5.69 Å². The zero-order chi connectivity index (χ0) is 13.1. The summed E-state index contributed by atoms with van der Waals surface area (Å²) in [7, 11) is 0. The Morgan fingerprint density at radius 3 is 3.00 bits per heavy atom. The fraction of sp³-hybridized carbons (Fsp3) is 0.250. The van der Waals surface area contributed by atoms with Crippen LogP contribution in [0.15, 0.2) is 24.7 Å². The third-order valence-electron chi connectivity index (χ3n) is 2.45. The fourth-order valence-corrected chi connectivity index (χ4v) is 1.59. The van der Waals surface area contributed by atoms with Crippen molar-refractivity contribution in [2.45, 2.75) is 13.8 Å². The molecule has 2 aromatic rings. The maximum atomic E-state index is 11.6. The maximum Gasteiger partial charge on any atom is 0.361 e. The fourth-order valence-electron chi connectivity index (χ4n) is 1.59. The number of esters is 1. The number of pyridine rings is 1. The lowest BCUT2D eigenvalue weighted by Crippen LogP contribution is -2.08. The monoisotopic (exact) mass is 246 g/mol. The van der Waals surface area contributed by atoms with E-state index < -0.39 is 5.97 Å². The highest BCUT2D eigenvalue weighted by atomic mass is 16.5. The third kappa shape index (κ3) is 2.17. The first-order valence-electron chi connectivity index (χ1n) is 5.56. The summed E-state index contributed by atoms with van der Waals surface area (Å²) < 4.78 is 6.44. The first kappa shape index (κ1) is 12.1. The number of carbonyl (C=O) groups is 1. The van der Waals surface area contributed by atoms with Gasteiger partial charge in [-0.05, 0) is 25.5 Å². The van der Waals surface area contributed by atoms with Crippen molar-refractivity contribution >= 4 is 11.7 Å². The Bertz CT molecular complexity index is 577. The van der Waals surface area contributed by atoms with Crippen LogP contribution < -0.4 is 5.73 Å². The molecule has 2 N–H and O–H groups in total. The van der Waals surface area contributed by atoms with Crippen LogP contribution in [0.1, 0.15) is 23.0 Å². The molecule has 0 spiro atoms. The molecule has 0 radical (unpaired) electrons. The highest BCUT2D eigenvalue weighted by Gasteiger charge is 2.16. The Balaban J connectivity index is 2.41. The second kappa shape index (κ2) is 4.87. The molecule has 6 nitrogen and oxygen atoms in total. The number of nitrogen functional groups attached to an aromatic ring is 1. The Labute approximate surface area is 104 Å². The van der Waals surface area contributed by atoms with Crippen molar-refractivity contribution in [3.8, 4) is 5.69 Å². The summed E-state index contributed by atoms with van der Waals surface area (Å²) in [5.41, 5.74) is 7.95. The molecule has 6 heteroatoms. The zero-order valence-corrected chi connectivity index (χ0v) is 10.3. The summed E-state index contributed by atoms with van der Waals surface area (Å²) in [5.74, 6) is -0.513. The largest absolute Gasteiger partial charge is 0.461 e. The van der Waals surface area contributed by atoms with Gasteiger partial charge >= 0.3 is 5.97 Å². The average Bonchev–Trinajstić information content (AvgIpc) is 2.72. The van der Waals surface area contributed by atoms with Gasteiger partial charge in [0.1, 0.15) is 0 Å². The second-order valence-corrected chi connectivity index (χ2v) is 3.76. The highest BCUT2D eigenvalue weighted by molar-refractivity contribution is 5.92. The molecule has 0 bridgehead atoms. The Kier molecular flexibility index (Phi) is 3.27. The van der Waals surface area contributed by atoms with Crippen molar-refractivity contribution < 1.29 is 9.53 Å². The zero-order valence-electron chi connectivity index (χ0n) is 10.3. The normalized spacial score (nSPS) is 10.3. The Morgan fingerprint density at radius 1 is 1.56 bits per heavy atom. The van der Waals surface area contributed by atoms with Crippen molar-refractivity contribution in [2.75, 3.05) is 12.3 Å². The van der Waals surface area contributed by atoms with Crippen LogP contribution in [0.2, 0.25) is 0 Å². The van der Waals surface area contributed by atoms with Gasteiger partial charge in [-0.1, -0.05) is 0 Å². The predicted molar refractivity (Wildman–Crippen MR) is 66.5 cm³/mol. The van der Waals surface area contributed by atoms with Crippen molar-refractivity contribution in [3.05, 3.63) is 35.9 Å². The molecule has 0 saturated heterocycles. The molecule has 0 unspecified atom stereocenters. The standard InChI is InChI=1S/C12H14N4O2/c1-3-18-12(17)11-9(13)7-16(15-11)10-4-5-14-6-8(10)2/h4-7H,3,13H2,1-2H3. The van der Waals surface area contributed by atoms with Gasteiger partial charge < -0.3 is 10.5 Å². The number of anilines is 1. The van der Waals surface area contributed by atoms with Gasteiger partial charge in [0, 0.05) is 12.4 Å². The molecular weight excluding hydrogens is 232 g/mol. The predicted octanol–water partition coefficient (Wildman–Crippen LogP) is 1.33. The van der Waals surface area contributed by atoms with Gasteiger partial charge in [-0.15, -0.1) is 0 Å². The van der Waals surface area contributed by atoms with E-state index in [9.17, 15) is 4.79 Å². The summed E-state index contributed by atoms with van der Waals surface area (Å²) in [4.78, 5) is 15.6. The number of aryl methyl sites for hydroxylation is 1. The summed E-state index contributed by atoms with van der Waals surface area (Å²) in [6.07, 6.45) is 4.97. The van der Waals surface area contributed by atoms with Crippen molar-refractivity contribution in [2.24, 2.45) is 0 Å².